The largest absolute Gasteiger partial charge is 0.482 e. The first kappa shape index (κ1) is 12.4. The lowest BCUT2D eigenvalue weighted by atomic mass is 10.2. The van der Waals surface area contributed by atoms with Gasteiger partial charge in [0.1, 0.15) is 0 Å². The zero-order chi connectivity index (χ0) is 13.1. The van der Waals surface area contributed by atoms with Gasteiger partial charge < -0.3 is 9.30 Å². The first-order valence-corrected chi connectivity index (χ1v) is 5.62. The van der Waals surface area contributed by atoms with Crippen LogP contribution in [0.4, 0.5) is 4.39 Å². The molecule has 0 atom stereocenters. The molecule has 94 valence electrons. The maximum Gasteiger partial charge on any atom is 0.216 e. The van der Waals surface area contributed by atoms with E-state index in [1.807, 2.05) is 0 Å². The van der Waals surface area contributed by atoms with E-state index in [0.717, 1.165) is 0 Å². The minimum absolute atomic E-state index is 0.109. The van der Waals surface area contributed by atoms with E-state index in [2.05, 4.69) is 0 Å². The molecule has 0 bridgehead atoms. The number of ketones is 1. The third-order valence-corrected chi connectivity index (χ3v) is 2.74. The number of halogens is 1. The topological polar surface area (TPSA) is 31.2 Å². The second-order valence-corrected chi connectivity index (χ2v) is 4.10. The molecule has 1 aromatic carbocycles. The summed E-state index contributed by atoms with van der Waals surface area (Å²) in [5, 5.41) is 0. The number of nitrogens with zero attached hydrogens (tertiary/aromatic N) is 1. The summed E-state index contributed by atoms with van der Waals surface area (Å²) in [5.74, 6) is -0.488. The highest BCUT2D eigenvalue weighted by molar-refractivity contribution is 5.95. The van der Waals surface area contributed by atoms with E-state index in [0.29, 0.717) is 11.3 Å². The Balaban J connectivity index is 2.06. The monoisotopic (exact) mass is 247 g/mol. The van der Waals surface area contributed by atoms with Gasteiger partial charge in [-0.1, -0.05) is 12.1 Å². The highest BCUT2D eigenvalue weighted by atomic mass is 19.1. The molecule has 0 aliphatic rings. The molecule has 2 aromatic rings. The molecular weight excluding hydrogens is 233 g/mol. The molecule has 0 unspecified atom stereocenters. The van der Waals surface area contributed by atoms with Gasteiger partial charge in [-0.15, -0.1) is 0 Å². The van der Waals surface area contributed by atoms with Gasteiger partial charge in [0.05, 0.1) is 5.69 Å². The lowest BCUT2D eigenvalue weighted by Gasteiger charge is -2.08. The number of ether oxygens (including phenoxy) is 1. The number of carbonyl (C=O) groups excluding carboxylic acids is 1. The molecule has 0 fully saturated rings. The SMILES string of the molecule is Cc1cccc(OCC(=O)c2cccn2C)c1F. The molecular formula is C14H14FNO2. The lowest BCUT2D eigenvalue weighted by molar-refractivity contribution is 0.0910. The van der Waals surface area contributed by atoms with E-state index in [1.54, 1.807) is 49.0 Å². The molecule has 0 aliphatic carbocycles. The van der Waals surface area contributed by atoms with E-state index in [9.17, 15) is 9.18 Å². The standard InChI is InChI=1S/C14H14FNO2/c1-10-5-3-7-13(14(10)15)18-9-12(17)11-6-4-8-16(11)2/h3-8H,9H2,1-2H3. The van der Waals surface area contributed by atoms with Crippen LogP contribution in [0.15, 0.2) is 36.5 Å². The Hall–Kier alpha value is -2.10. The van der Waals surface area contributed by atoms with Crippen LogP contribution >= 0.6 is 0 Å². The van der Waals surface area contributed by atoms with Crippen molar-refractivity contribution in [1.29, 1.82) is 0 Å². The van der Waals surface area contributed by atoms with E-state index in [-0.39, 0.29) is 18.1 Å². The molecule has 0 amide bonds. The molecule has 0 spiro atoms. The highest BCUT2D eigenvalue weighted by Crippen LogP contribution is 2.19. The summed E-state index contributed by atoms with van der Waals surface area (Å²) in [6.07, 6.45) is 1.78. The van der Waals surface area contributed by atoms with Crippen LogP contribution in [-0.4, -0.2) is 17.0 Å². The molecule has 0 saturated heterocycles. The van der Waals surface area contributed by atoms with Gasteiger partial charge in [-0.2, -0.15) is 0 Å². The van der Waals surface area contributed by atoms with Gasteiger partial charge in [-0.3, -0.25) is 4.79 Å². The number of aromatic nitrogens is 1. The molecule has 0 N–H and O–H groups in total. The van der Waals surface area contributed by atoms with Crippen molar-refractivity contribution >= 4 is 5.78 Å². The van der Waals surface area contributed by atoms with Crippen molar-refractivity contribution in [3.8, 4) is 5.75 Å². The Morgan fingerprint density at radius 2 is 2.11 bits per heavy atom. The van der Waals surface area contributed by atoms with E-state index in [1.165, 1.54) is 6.07 Å². The minimum Gasteiger partial charge on any atom is -0.482 e. The van der Waals surface area contributed by atoms with Crippen LogP contribution in [0.3, 0.4) is 0 Å². The van der Waals surface area contributed by atoms with Gasteiger partial charge in [0, 0.05) is 13.2 Å². The normalized spacial score (nSPS) is 10.4. The van der Waals surface area contributed by atoms with Crippen LogP contribution in [0.1, 0.15) is 16.1 Å². The van der Waals surface area contributed by atoms with Crippen molar-refractivity contribution in [3.63, 3.8) is 0 Å². The van der Waals surface area contributed by atoms with Crippen LogP contribution in [0.25, 0.3) is 0 Å². The van der Waals surface area contributed by atoms with Gasteiger partial charge in [-0.05, 0) is 30.7 Å². The minimum atomic E-state index is -0.419. The van der Waals surface area contributed by atoms with Crippen LogP contribution < -0.4 is 4.74 Å². The Morgan fingerprint density at radius 3 is 2.78 bits per heavy atom. The maximum absolute atomic E-state index is 13.6. The summed E-state index contributed by atoms with van der Waals surface area (Å²) in [6, 6.07) is 8.35. The molecule has 0 saturated carbocycles. The number of aryl methyl sites for hydroxylation is 2. The van der Waals surface area contributed by atoms with Crippen molar-refractivity contribution < 1.29 is 13.9 Å². The maximum atomic E-state index is 13.6. The quantitative estimate of drug-likeness (QED) is 0.778. The summed E-state index contributed by atoms with van der Waals surface area (Å²) in [7, 11) is 1.78. The zero-order valence-electron chi connectivity index (χ0n) is 10.3. The van der Waals surface area contributed by atoms with Gasteiger partial charge in [-0.25, -0.2) is 4.39 Å². The average molecular weight is 247 g/mol. The van der Waals surface area contributed by atoms with Crippen molar-refractivity contribution in [3.05, 3.63) is 53.6 Å². The van der Waals surface area contributed by atoms with Crippen molar-refractivity contribution in [2.75, 3.05) is 6.61 Å². The van der Waals surface area contributed by atoms with Gasteiger partial charge in [0.25, 0.3) is 0 Å². The number of rotatable bonds is 4. The van der Waals surface area contributed by atoms with E-state index in [4.69, 9.17) is 4.74 Å². The molecule has 0 radical (unpaired) electrons. The smallest absolute Gasteiger partial charge is 0.216 e. The molecule has 2 rings (SSSR count). The van der Waals surface area contributed by atoms with Crippen molar-refractivity contribution in [1.82, 2.24) is 4.57 Å². The number of benzene rings is 1. The van der Waals surface area contributed by atoms with Crippen LogP contribution in [0.5, 0.6) is 5.75 Å². The van der Waals surface area contributed by atoms with Crippen LogP contribution in [0.2, 0.25) is 0 Å². The zero-order valence-corrected chi connectivity index (χ0v) is 10.3. The highest BCUT2D eigenvalue weighted by Gasteiger charge is 2.12. The molecule has 0 aliphatic heterocycles. The molecule has 1 heterocycles. The summed E-state index contributed by atoms with van der Waals surface area (Å²) in [4.78, 5) is 11.8. The van der Waals surface area contributed by atoms with Gasteiger partial charge in [0.15, 0.2) is 18.2 Å². The third kappa shape index (κ3) is 2.42. The van der Waals surface area contributed by atoms with E-state index >= 15 is 0 Å². The fraction of sp³-hybridized carbons (Fsp3) is 0.214. The predicted molar refractivity (Wildman–Crippen MR) is 66.4 cm³/mol. The molecule has 18 heavy (non-hydrogen) atoms. The first-order chi connectivity index (χ1) is 8.59. The summed E-state index contributed by atoms with van der Waals surface area (Å²) in [5.41, 5.74) is 1.04. The number of hydrogen-bond acceptors (Lipinski definition) is 2. The van der Waals surface area contributed by atoms with Crippen LogP contribution in [-0.2, 0) is 7.05 Å². The second kappa shape index (κ2) is 5.04. The Morgan fingerprint density at radius 1 is 1.33 bits per heavy atom. The third-order valence-electron chi connectivity index (χ3n) is 2.74. The second-order valence-electron chi connectivity index (χ2n) is 4.10. The van der Waals surface area contributed by atoms with Gasteiger partial charge in [0.2, 0.25) is 5.78 Å². The fourth-order valence-electron chi connectivity index (χ4n) is 1.70. The number of hydrogen-bond donors (Lipinski definition) is 0. The van der Waals surface area contributed by atoms with Crippen molar-refractivity contribution in [2.24, 2.45) is 7.05 Å². The predicted octanol–water partition coefficient (Wildman–Crippen LogP) is 2.73. The average Bonchev–Trinajstić information content (AvgIpc) is 2.77. The Kier molecular flexibility index (Phi) is 3.46. The fourth-order valence-corrected chi connectivity index (χ4v) is 1.70. The lowest BCUT2D eigenvalue weighted by Crippen LogP contribution is -2.15. The van der Waals surface area contributed by atoms with Crippen molar-refractivity contribution in [2.45, 2.75) is 6.92 Å². The first-order valence-electron chi connectivity index (χ1n) is 5.62. The Labute approximate surface area is 105 Å². The van der Waals surface area contributed by atoms with Crippen LogP contribution in [0, 0.1) is 12.7 Å². The van der Waals surface area contributed by atoms with E-state index < -0.39 is 5.82 Å². The number of carbonyl (C=O) groups is 1. The number of Topliss-reactive ketones (excluding diaryl/α,β-unsaturated/α-hetero) is 1. The van der Waals surface area contributed by atoms with Gasteiger partial charge >= 0.3 is 0 Å². The summed E-state index contributed by atoms with van der Waals surface area (Å²) >= 11 is 0. The molecule has 4 heteroatoms. The summed E-state index contributed by atoms with van der Waals surface area (Å²) < 4.78 is 20.6. The molecule has 1 aromatic heterocycles. The molecule has 3 nitrogen and oxygen atoms in total. The summed E-state index contributed by atoms with van der Waals surface area (Å²) in [6.45, 7) is 1.49. The Bertz CT molecular complexity index is 575.